The number of halogens is 2. The number of carbonyl (C=O) groups is 1. The number of amides is 1. The summed E-state index contributed by atoms with van der Waals surface area (Å²) in [7, 11) is 0. The van der Waals surface area contributed by atoms with E-state index < -0.39 is 6.61 Å². The van der Waals surface area contributed by atoms with Crippen LogP contribution in [-0.4, -0.2) is 12.5 Å². The highest BCUT2D eigenvalue weighted by Gasteiger charge is 2.05. The van der Waals surface area contributed by atoms with Gasteiger partial charge in [-0.2, -0.15) is 8.78 Å². The van der Waals surface area contributed by atoms with Crippen molar-refractivity contribution in [2.45, 2.75) is 26.5 Å². The smallest absolute Gasteiger partial charge is 0.387 e. The van der Waals surface area contributed by atoms with Gasteiger partial charge in [-0.15, -0.1) is 0 Å². The van der Waals surface area contributed by atoms with E-state index in [0.717, 1.165) is 16.7 Å². The Bertz CT molecular complexity index is 610. The number of benzene rings is 2. The summed E-state index contributed by atoms with van der Waals surface area (Å²) in [5.41, 5.74) is 2.91. The van der Waals surface area contributed by atoms with Crippen LogP contribution in [0.3, 0.4) is 0 Å². The molecule has 0 radical (unpaired) electrons. The Labute approximate surface area is 127 Å². The SMILES string of the molecule is Cc1ccc(CC(=O)NCc2ccc(OC(F)F)cc2)cc1. The fourth-order valence-corrected chi connectivity index (χ4v) is 1.94. The molecular formula is C17H17F2NO2. The van der Waals surface area contributed by atoms with Crippen LogP contribution in [0.2, 0.25) is 0 Å². The first-order valence-corrected chi connectivity index (χ1v) is 6.89. The number of nitrogens with one attached hydrogen (secondary N) is 1. The van der Waals surface area contributed by atoms with Gasteiger partial charge in [0, 0.05) is 6.54 Å². The fourth-order valence-electron chi connectivity index (χ4n) is 1.94. The van der Waals surface area contributed by atoms with Crippen LogP contribution in [0.25, 0.3) is 0 Å². The van der Waals surface area contributed by atoms with Gasteiger partial charge in [-0.3, -0.25) is 4.79 Å². The van der Waals surface area contributed by atoms with Gasteiger partial charge in [0.1, 0.15) is 5.75 Å². The van der Waals surface area contributed by atoms with Gasteiger partial charge >= 0.3 is 6.61 Å². The molecule has 116 valence electrons. The van der Waals surface area contributed by atoms with E-state index in [-0.39, 0.29) is 11.7 Å². The van der Waals surface area contributed by atoms with Crippen LogP contribution in [0, 0.1) is 6.92 Å². The number of ether oxygens (including phenoxy) is 1. The predicted octanol–water partition coefficient (Wildman–Crippen LogP) is 3.46. The van der Waals surface area contributed by atoms with Crippen LogP contribution in [0.15, 0.2) is 48.5 Å². The molecule has 0 aromatic heterocycles. The summed E-state index contributed by atoms with van der Waals surface area (Å²) in [6, 6.07) is 14.0. The van der Waals surface area contributed by atoms with E-state index in [2.05, 4.69) is 10.1 Å². The minimum atomic E-state index is -2.83. The van der Waals surface area contributed by atoms with Gasteiger partial charge in [0.2, 0.25) is 5.91 Å². The summed E-state index contributed by atoms with van der Waals surface area (Å²) in [5.74, 6) is 0.0153. The predicted molar refractivity (Wildman–Crippen MR) is 79.8 cm³/mol. The average molecular weight is 305 g/mol. The molecule has 3 nitrogen and oxygen atoms in total. The molecule has 0 atom stereocenters. The van der Waals surface area contributed by atoms with Crippen LogP contribution in [0.1, 0.15) is 16.7 Å². The van der Waals surface area contributed by atoms with Gasteiger partial charge in [-0.05, 0) is 30.2 Å². The van der Waals surface area contributed by atoms with Gasteiger partial charge < -0.3 is 10.1 Å². The summed E-state index contributed by atoms with van der Waals surface area (Å²) in [5, 5.41) is 2.79. The Balaban J connectivity index is 1.81. The standard InChI is InChI=1S/C17H17F2NO2/c1-12-2-4-13(5-3-12)10-16(21)20-11-14-6-8-15(9-7-14)22-17(18)19/h2-9,17H,10-11H2,1H3,(H,20,21). The van der Waals surface area contributed by atoms with E-state index in [4.69, 9.17) is 0 Å². The number of hydrogen-bond donors (Lipinski definition) is 1. The second-order valence-corrected chi connectivity index (χ2v) is 4.96. The molecule has 5 heteroatoms. The average Bonchev–Trinajstić information content (AvgIpc) is 2.48. The van der Waals surface area contributed by atoms with Gasteiger partial charge in [0.05, 0.1) is 6.42 Å². The maximum Gasteiger partial charge on any atom is 0.387 e. The van der Waals surface area contributed by atoms with Crippen molar-refractivity contribution in [2.75, 3.05) is 0 Å². The molecule has 0 heterocycles. The Morgan fingerprint density at radius 2 is 1.64 bits per heavy atom. The third-order valence-electron chi connectivity index (χ3n) is 3.12. The quantitative estimate of drug-likeness (QED) is 0.887. The number of carbonyl (C=O) groups excluding carboxylic acids is 1. The highest BCUT2D eigenvalue weighted by atomic mass is 19.3. The highest BCUT2D eigenvalue weighted by Crippen LogP contribution is 2.14. The molecule has 2 aromatic rings. The molecule has 0 bridgehead atoms. The topological polar surface area (TPSA) is 38.3 Å². The lowest BCUT2D eigenvalue weighted by atomic mass is 10.1. The maximum atomic E-state index is 12.0. The molecule has 2 rings (SSSR count). The molecule has 0 aliphatic rings. The van der Waals surface area contributed by atoms with Gasteiger partial charge in [-0.1, -0.05) is 42.0 Å². The zero-order valence-corrected chi connectivity index (χ0v) is 12.2. The molecule has 1 amide bonds. The molecule has 0 spiro atoms. The normalized spacial score (nSPS) is 10.5. The second kappa shape index (κ2) is 7.54. The first-order chi connectivity index (χ1) is 10.5. The molecule has 1 N–H and O–H groups in total. The molecule has 2 aromatic carbocycles. The number of hydrogen-bond acceptors (Lipinski definition) is 2. The van der Waals surface area contributed by atoms with Gasteiger partial charge in [-0.25, -0.2) is 0 Å². The zero-order chi connectivity index (χ0) is 15.9. The first kappa shape index (κ1) is 15.9. The third kappa shape index (κ3) is 5.16. The number of rotatable bonds is 6. The van der Waals surface area contributed by atoms with Crippen molar-refractivity contribution in [3.05, 3.63) is 65.2 Å². The number of aryl methyl sites for hydroxylation is 1. The second-order valence-electron chi connectivity index (χ2n) is 4.96. The largest absolute Gasteiger partial charge is 0.435 e. The van der Waals surface area contributed by atoms with Crippen LogP contribution < -0.4 is 10.1 Å². The Morgan fingerprint density at radius 3 is 2.23 bits per heavy atom. The lowest BCUT2D eigenvalue weighted by Crippen LogP contribution is -2.24. The third-order valence-corrected chi connectivity index (χ3v) is 3.12. The van der Waals surface area contributed by atoms with Crippen molar-refractivity contribution in [2.24, 2.45) is 0 Å². The maximum absolute atomic E-state index is 12.0. The molecule has 0 aliphatic carbocycles. The fraction of sp³-hybridized carbons (Fsp3) is 0.235. The van der Waals surface area contributed by atoms with Crippen molar-refractivity contribution in [1.82, 2.24) is 5.32 Å². The van der Waals surface area contributed by atoms with E-state index in [1.54, 1.807) is 12.1 Å². The van der Waals surface area contributed by atoms with Crippen LogP contribution in [-0.2, 0) is 17.8 Å². The summed E-state index contributed by atoms with van der Waals surface area (Å²) < 4.78 is 28.3. The van der Waals surface area contributed by atoms with Crippen LogP contribution >= 0.6 is 0 Å². The molecule has 22 heavy (non-hydrogen) atoms. The van der Waals surface area contributed by atoms with Crippen LogP contribution in [0.5, 0.6) is 5.75 Å². The summed E-state index contributed by atoms with van der Waals surface area (Å²) in [6.07, 6.45) is 0.312. The van der Waals surface area contributed by atoms with E-state index in [1.165, 1.54) is 12.1 Å². The molecule has 0 unspecified atom stereocenters. The van der Waals surface area contributed by atoms with Crippen molar-refractivity contribution in [3.63, 3.8) is 0 Å². The first-order valence-electron chi connectivity index (χ1n) is 6.89. The molecular weight excluding hydrogens is 288 g/mol. The van der Waals surface area contributed by atoms with Gasteiger partial charge in [0.25, 0.3) is 0 Å². The lowest BCUT2D eigenvalue weighted by Gasteiger charge is -2.08. The zero-order valence-electron chi connectivity index (χ0n) is 12.2. The summed E-state index contributed by atoms with van der Waals surface area (Å²) in [4.78, 5) is 11.8. The molecule has 0 saturated heterocycles. The minimum Gasteiger partial charge on any atom is -0.435 e. The van der Waals surface area contributed by atoms with E-state index in [9.17, 15) is 13.6 Å². The Hall–Kier alpha value is -2.43. The Morgan fingerprint density at radius 1 is 1.05 bits per heavy atom. The summed E-state index contributed by atoms with van der Waals surface area (Å²) in [6.45, 7) is -0.495. The highest BCUT2D eigenvalue weighted by molar-refractivity contribution is 5.78. The van der Waals surface area contributed by atoms with E-state index in [0.29, 0.717) is 13.0 Å². The minimum absolute atomic E-state index is 0.0863. The molecule has 0 saturated carbocycles. The van der Waals surface area contributed by atoms with Crippen molar-refractivity contribution >= 4 is 5.91 Å². The molecule has 0 aliphatic heterocycles. The van der Waals surface area contributed by atoms with Crippen LogP contribution in [0.4, 0.5) is 8.78 Å². The van der Waals surface area contributed by atoms with Crippen molar-refractivity contribution in [1.29, 1.82) is 0 Å². The van der Waals surface area contributed by atoms with Crippen molar-refractivity contribution < 1.29 is 18.3 Å². The van der Waals surface area contributed by atoms with Gasteiger partial charge in [0.15, 0.2) is 0 Å². The molecule has 0 fully saturated rings. The summed E-state index contributed by atoms with van der Waals surface area (Å²) >= 11 is 0. The monoisotopic (exact) mass is 305 g/mol. The van der Waals surface area contributed by atoms with Crippen molar-refractivity contribution in [3.8, 4) is 5.75 Å². The number of alkyl halides is 2. The van der Waals surface area contributed by atoms with E-state index in [1.807, 2.05) is 31.2 Å². The lowest BCUT2D eigenvalue weighted by molar-refractivity contribution is -0.120. The van der Waals surface area contributed by atoms with E-state index >= 15 is 0 Å². The Kier molecular flexibility index (Phi) is 5.47.